The number of benzene rings is 1. The Kier molecular flexibility index (Phi) is 4.11. The average Bonchev–Trinajstić information content (AvgIpc) is 3.12. The number of aromatic nitrogens is 1. The zero-order chi connectivity index (χ0) is 14.7. The van der Waals surface area contributed by atoms with Crippen LogP contribution < -0.4 is 5.32 Å². The predicted molar refractivity (Wildman–Crippen MR) is 86.2 cm³/mol. The SMILES string of the molecule is CC(CCc1ccco1)NCc1cn(C)c2ccccc12. The Hall–Kier alpha value is -2.00. The predicted octanol–water partition coefficient (Wildman–Crippen LogP) is 3.88. The minimum Gasteiger partial charge on any atom is -0.469 e. The first-order valence-corrected chi connectivity index (χ1v) is 7.53. The van der Waals surface area contributed by atoms with Crippen LogP contribution in [0.25, 0.3) is 10.9 Å². The van der Waals surface area contributed by atoms with Gasteiger partial charge in [0, 0.05) is 43.2 Å². The highest BCUT2D eigenvalue weighted by atomic mass is 16.3. The molecule has 0 amide bonds. The first-order chi connectivity index (χ1) is 10.2. The lowest BCUT2D eigenvalue weighted by atomic mass is 10.1. The van der Waals surface area contributed by atoms with Crippen molar-refractivity contribution in [1.82, 2.24) is 9.88 Å². The number of furan rings is 1. The van der Waals surface area contributed by atoms with Crippen LogP contribution in [-0.4, -0.2) is 10.6 Å². The second-order valence-corrected chi connectivity index (χ2v) is 5.68. The van der Waals surface area contributed by atoms with Crippen LogP contribution in [0.15, 0.2) is 53.3 Å². The van der Waals surface area contributed by atoms with E-state index in [4.69, 9.17) is 4.42 Å². The molecule has 0 saturated carbocycles. The molecule has 2 aromatic heterocycles. The van der Waals surface area contributed by atoms with Gasteiger partial charge in [-0.2, -0.15) is 0 Å². The molecule has 0 spiro atoms. The highest BCUT2D eigenvalue weighted by molar-refractivity contribution is 5.83. The van der Waals surface area contributed by atoms with Gasteiger partial charge in [0.15, 0.2) is 0 Å². The van der Waals surface area contributed by atoms with E-state index in [1.54, 1.807) is 6.26 Å². The van der Waals surface area contributed by atoms with Crippen LogP contribution in [0.5, 0.6) is 0 Å². The van der Waals surface area contributed by atoms with E-state index < -0.39 is 0 Å². The standard InChI is InChI=1S/C18H22N2O/c1-14(9-10-16-6-5-11-21-16)19-12-15-13-20(2)18-8-4-3-7-17(15)18/h3-8,11,13-14,19H,9-10,12H2,1-2H3. The summed E-state index contributed by atoms with van der Waals surface area (Å²) in [6, 6.07) is 13.0. The molecule has 3 aromatic rings. The minimum absolute atomic E-state index is 0.467. The van der Waals surface area contributed by atoms with Crippen molar-refractivity contribution in [2.45, 2.75) is 32.4 Å². The molecule has 3 nitrogen and oxygen atoms in total. The van der Waals surface area contributed by atoms with E-state index in [1.165, 1.54) is 16.5 Å². The third-order valence-corrected chi connectivity index (χ3v) is 4.02. The van der Waals surface area contributed by atoms with Crippen molar-refractivity contribution in [3.63, 3.8) is 0 Å². The summed E-state index contributed by atoms with van der Waals surface area (Å²) >= 11 is 0. The molecule has 0 radical (unpaired) electrons. The molecule has 1 aromatic carbocycles. The molecule has 3 heteroatoms. The number of aryl methyl sites for hydroxylation is 2. The van der Waals surface area contributed by atoms with E-state index in [2.05, 4.69) is 54.3 Å². The Bertz CT molecular complexity index is 697. The Morgan fingerprint density at radius 2 is 2.05 bits per heavy atom. The lowest BCUT2D eigenvalue weighted by Crippen LogP contribution is -2.25. The fourth-order valence-corrected chi connectivity index (χ4v) is 2.77. The van der Waals surface area contributed by atoms with Crippen molar-refractivity contribution in [2.75, 3.05) is 0 Å². The Morgan fingerprint density at radius 1 is 1.19 bits per heavy atom. The molecule has 0 aliphatic carbocycles. The molecule has 0 saturated heterocycles. The molecular formula is C18H22N2O. The summed E-state index contributed by atoms with van der Waals surface area (Å²) in [6.45, 7) is 3.13. The van der Waals surface area contributed by atoms with Crippen LogP contribution in [0, 0.1) is 0 Å². The summed E-state index contributed by atoms with van der Waals surface area (Å²) in [4.78, 5) is 0. The van der Waals surface area contributed by atoms with Gasteiger partial charge in [-0.05, 0) is 37.1 Å². The van der Waals surface area contributed by atoms with E-state index in [-0.39, 0.29) is 0 Å². The molecule has 0 fully saturated rings. The van der Waals surface area contributed by atoms with Gasteiger partial charge in [0.2, 0.25) is 0 Å². The van der Waals surface area contributed by atoms with Gasteiger partial charge < -0.3 is 14.3 Å². The maximum atomic E-state index is 5.38. The van der Waals surface area contributed by atoms with Crippen LogP contribution in [0.1, 0.15) is 24.7 Å². The third kappa shape index (κ3) is 3.19. The number of fused-ring (bicyclic) bond motifs is 1. The fourth-order valence-electron chi connectivity index (χ4n) is 2.77. The smallest absolute Gasteiger partial charge is 0.103 e. The van der Waals surface area contributed by atoms with Gasteiger partial charge in [-0.3, -0.25) is 0 Å². The van der Waals surface area contributed by atoms with Crippen LogP contribution in [0.3, 0.4) is 0 Å². The average molecular weight is 282 g/mol. The van der Waals surface area contributed by atoms with Gasteiger partial charge in [-0.25, -0.2) is 0 Å². The molecule has 21 heavy (non-hydrogen) atoms. The lowest BCUT2D eigenvalue weighted by molar-refractivity contribution is 0.460. The minimum atomic E-state index is 0.467. The van der Waals surface area contributed by atoms with Gasteiger partial charge in [0.1, 0.15) is 5.76 Å². The number of nitrogens with one attached hydrogen (secondary N) is 1. The van der Waals surface area contributed by atoms with Gasteiger partial charge in [-0.15, -0.1) is 0 Å². The normalized spacial score (nSPS) is 12.9. The largest absolute Gasteiger partial charge is 0.469 e. The molecule has 1 N–H and O–H groups in total. The second-order valence-electron chi connectivity index (χ2n) is 5.68. The summed E-state index contributed by atoms with van der Waals surface area (Å²) in [5, 5.41) is 4.95. The fraction of sp³-hybridized carbons (Fsp3) is 0.333. The van der Waals surface area contributed by atoms with Crippen molar-refractivity contribution in [2.24, 2.45) is 7.05 Å². The highest BCUT2D eigenvalue weighted by Gasteiger charge is 2.08. The van der Waals surface area contributed by atoms with Crippen molar-refractivity contribution in [3.05, 3.63) is 60.2 Å². The zero-order valence-corrected chi connectivity index (χ0v) is 12.7. The van der Waals surface area contributed by atoms with Gasteiger partial charge in [0.25, 0.3) is 0 Å². The third-order valence-electron chi connectivity index (χ3n) is 4.02. The maximum absolute atomic E-state index is 5.38. The summed E-state index contributed by atoms with van der Waals surface area (Å²) < 4.78 is 7.57. The first-order valence-electron chi connectivity index (χ1n) is 7.53. The highest BCUT2D eigenvalue weighted by Crippen LogP contribution is 2.20. The zero-order valence-electron chi connectivity index (χ0n) is 12.7. The molecule has 110 valence electrons. The van der Waals surface area contributed by atoms with Gasteiger partial charge >= 0.3 is 0 Å². The second kappa shape index (κ2) is 6.19. The van der Waals surface area contributed by atoms with Crippen LogP contribution in [-0.2, 0) is 20.0 Å². The van der Waals surface area contributed by atoms with Crippen molar-refractivity contribution in [1.29, 1.82) is 0 Å². The summed E-state index contributed by atoms with van der Waals surface area (Å²) in [7, 11) is 2.10. The molecule has 0 bridgehead atoms. The van der Waals surface area contributed by atoms with Crippen molar-refractivity contribution < 1.29 is 4.42 Å². The molecule has 0 aliphatic heterocycles. The van der Waals surface area contributed by atoms with E-state index in [1.807, 2.05) is 12.1 Å². The Balaban J connectivity index is 1.58. The summed E-state index contributed by atoms with van der Waals surface area (Å²) in [5.41, 5.74) is 2.65. The van der Waals surface area contributed by atoms with Gasteiger partial charge in [0.05, 0.1) is 6.26 Å². The number of para-hydroxylation sites is 1. The quantitative estimate of drug-likeness (QED) is 0.743. The summed E-state index contributed by atoms with van der Waals surface area (Å²) in [6.07, 6.45) is 6.02. The van der Waals surface area contributed by atoms with Crippen molar-refractivity contribution >= 4 is 10.9 Å². The van der Waals surface area contributed by atoms with E-state index in [0.717, 1.165) is 25.1 Å². The maximum Gasteiger partial charge on any atom is 0.103 e. The molecule has 0 aliphatic rings. The number of nitrogens with zero attached hydrogens (tertiary/aromatic N) is 1. The lowest BCUT2D eigenvalue weighted by Gasteiger charge is -2.12. The van der Waals surface area contributed by atoms with Gasteiger partial charge in [-0.1, -0.05) is 18.2 Å². The monoisotopic (exact) mass is 282 g/mol. The molecule has 3 rings (SSSR count). The summed E-state index contributed by atoms with van der Waals surface area (Å²) in [5.74, 6) is 1.06. The Morgan fingerprint density at radius 3 is 2.86 bits per heavy atom. The van der Waals surface area contributed by atoms with E-state index in [9.17, 15) is 0 Å². The van der Waals surface area contributed by atoms with Crippen LogP contribution in [0.4, 0.5) is 0 Å². The van der Waals surface area contributed by atoms with Crippen molar-refractivity contribution in [3.8, 4) is 0 Å². The molecule has 1 atom stereocenters. The number of rotatable bonds is 6. The van der Waals surface area contributed by atoms with E-state index >= 15 is 0 Å². The number of hydrogen-bond donors (Lipinski definition) is 1. The Labute approximate surface area is 125 Å². The van der Waals surface area contributed by atoms with Crippen LogP contribution in [0.2, 0.25) is 0 Å². The number of hydrogen-bond acceptors (Lipinski definition) is 2. The molecule has 1 unspecified atom stereocenters. The molecule has 2 heterocycles. The van der Waals surface area contributed by atoms with E-state index in [0.29, 0.717) is 6.04 Å². The first kappa shape index (κ1) is 14.0. The topological polar surface area (TPSA) is 30.1 Å². The van der Waals surface area contributed by atoms with Crippen LogP contribution >= 0.6 is 0 Å². The molecular weight excluding hydrogens is 260 g/mol.